The van der Waals surface area contributed by atoms with Gasteiger partial charge in [-0.1, -0.05) is 22.0 Å². The second-order valence-corrected chi connectivity index (χ2v) is 3.72. The van der Waals surface area contributed by atoms with Crippen LogP contribution in [-0.2, 0) is 16.1 Å². The van der Waals surface area contributed by atoms with Crippen molar-refractivity contribution >= 4 is 21.8 Å². The Balaban J connectivity index is 2.73. The van der Waals surface area contributed by atoms with E-state index in [4.69, 9.17) is 4.74 Å². The first-order valence-electron chi connectivity index (χ1n) is 4.31. The normalized spacial score (nSPS) is 9.80. The first-order valence-corrected chi connectivity index (χ1v) is 5.11. The maximum absolute atomic E-state index is 11.2. The van der Waals surface area contributed by atoms with Crippen LogP contribution in [0.2, 0.25) is 0 Å². The minimum Gasteiger partial charge on any atom is -0.497 e. The molecule has 0 atom stereocenters. The average molecular weight is 274 g/mol. The van der Waals surface area contributed by atoms with E-state index in [2.05, 4.69) is 26.2 Å². The highest BCUT2D eigenvalue weighted by atomic mass is 79.9. The van der Waals surface area contributed by atoms with E-state index in [1.807, 2.05) is 12.1 Å². The predicted molar refractivity (Wildman–Crippen MR) is 59.5 cm³/mol. The van der Waals surface area contributed by atoms with E-state index >= 15 is 0 Å². The van der Waals surface area contributed by atoms with Gasteiger partial charge in [-0.25, -0.2) is 5.48 Å². The van der Waals surface area contributed by atoms with Crippen molar-refractivity contribution in [2.75, 3.05) is 14.2 Å². The van der Waals surface area contributed by atoms with Gasteiger partial charge in [0.15, 0.2) is 0 Å². The van der Waals surface area contributed by atoms with Gasteiger partial charge >= 0.3 is 0 Å². The molecule has 0 fully saturated rings. The molecule has 0 heterocycles. The molecule has 82 valence electrons. The molecule has 0 saturated heterocycles. The zero-order valence-corrected chi connectivity index (χ0v) is 10.1. The number of hydrogen-bond donors (Lipinski definition) is 1. The van der Waals surface area contributed by atoms with Crippen LogP contribution in [-0.4, -0.2) is 20.1 Å². The molecule has 0 saturated carbocycles. The summed E-state index contributed by atoms with van der Waals surface area (Å²) < 4.78 is 5.89. The Morgan fingerprint density at radius 3 is 2.73 bits per heavy atom. The van der Waals surface area contributed by atoms with Crippen molar-refractivity contribution in [3.8, 4) is 5.75 Å². The smallest absolute Gasteiger partial charge is 0.247 e. The lowest BCUT2D eigenvalue weighted by Crippen LogP contribution is -2.23. The van der Waals surface area contributed by atoms with Gasteiger partial charge in [0, 0.05) is 4.47 Å². The van der Waals surface area contributed by atoms with Crippen LogP contribution in [0.1, 0.15) is 5.56 Å². The van der Waals surface area contributed by atoms with Crippen molar-refractivity contribution in [3.63, 3.8) is 0 Å². The minimum absolute atomic E-state index is 0.191. The lowest BCUT2D eigenvalue weighted by atomic mass is 10.1. The molecular formula is C10H12BrNO3. The molecule has 0 aliphatic carbocycles. The molecule has 1 N–H and O–H groups in total. The molecule has 0 radical (unpaired) electrons. The Morgan fingerprint density at radius 1 is 1.47 bits per heavy atom. The molecule has 4 nitrogen and oxygen atoms in total. The van der Waals surface area contributed by atoms with Crippen molar-refractivity contribution in [3.05, 3.63) is 28.2 Å². The third-order valence-electron chi connectivity index (χ3n) is 1.83. The highest BCUT2D eigenvalue weighted by Gasteiger charge is 2.07. The minimum atomic E-state index is -0.191. The topological polar surface area (TPSA) is 47.6 Å². The van der Waals surface area contributed by atoms with E-state index in [-0.39, 0.29) is 12.3 Å². The fourth-order valence-corrected chi connectivity index (χ4v) is 1.62. The van der Waals surface area contributed by atoms with E-state index in [1.165, 1.54) is 7.11 Å². The van der Waals surface area contributed by atoms with Crippen LogP contribution in [0.15, 0.2) is 22.7 Å². The molecule has 1 amide bonds. The predicted octanol–water partition coefficient (Wildman–Crippen LogP) is 1.68. The van der Waals surface area contributed by atoms with Gasteiger partial charge in [-0.15, -0.1) is 0 Å². The summed E-state index contributed by atoms with van der Waals surface area (Å²) >= 11 is 3.37. The maximum Gasteiger partial charge on any atom is 0.247 e. The van der Waals surface area contributed by atoms with Crippen LogP contribution >= 0.6 is 15.9 Å². The number of rotatable bonds is 4. The van der Waals surface area contributed by atoms with Gasteiger partial charge in [0.2, 0.25) is 5.91 Å². The molecular weight excluding hydrogens is 262 g/mol. The molecule has 0 aliphatic heterocycles. The summed E-state index contributed by atoms with van der Waals surface area (Å²) in [6.07, 6.45) is 0.262. The number of benzene rings is 1. The summed E-state index contributed by atoms with van der Waals surface area (Å²) in [6.45, 7) is 0. The highest BCUT2D eigenvalue weighted by molar-refractivity contribution is 9.10. The molecule has 0 bridgehead atoms. The number of hydroxylamine groups is 1. The number of nitrogens with one attached hydrogen (secondary N) is 1. The Labute approximate surface area is 96.7 Å². The van der Waals surface area contributed by atoms with Crippen molar-refractivity contribution in [1.82, 2.24) is 5.48 Å². The second-order valence-electron chi connectivity index (χ2n) is 2.86. The van der Waals surface area contributed by atoms with Crippen molar-refractivity contribution in [1.29, 1.82) is 0 Å². The maximum atomic E-state index is 11.2. The largest absolute Gasteiger partial charge is 0.497 e. The molecule has 0 aliphatic rings. The number of amides is 1. The van der Waals surface area contributed by atoms with Gasteiger partial charge < -0.3 is 4.74 Å². The molecule has 1 rings (SSSR count). The molecule has 0 aromatic heterocycles. The van der Waals surface area contributed by atoms with E-state index in [0.29, 0.717) is 0 Å². The number of hydrogen-bond acceptors (Lipinski definition) is 3. The summed E-state index contributed by atoms with van der Waals surface area (Å²) in [6, 6.07) is 5.45. The monoisotopic (exact) mass is 273 g/mol. The summed E-state index contributed by atoms with van der Waals surface area (Å²) in [5.41, 5.74) is 3.14. The van der Waals surface area contributed by atoms with Crippen molar-refractivity contribution < 1.29 is 14.4 Å². The van der Waals surface area contributed by atoms with Gasteiger partial charge in [0.05, 0.1) is 20.6 Å². The Kier molecular flexibility index (Phi) is 4.58. The quantitative estimate of drug-likeness (QED) is 0.850. The third-order valence-corrected chi connectivity index (χ3v) is 2.57. The number of carbonyl (C=O) groups excluding carboxylic acids is 1. The van der Waals surface area contributed by atoms with Crippen LogP contribution < -0.4 is 10.2 Å². The SMILES string of the molecule is CONC(=O)Cc1ccc(OC)cc1Br. The van der Waals surface area contributed by atoms with E-state index in [0.717, 1.165) is 15.8 Å². The van der Waals surface area contributed by atoms with Gasteiger partial charge in [0.1, 0.15) is 5.75 Å². The zero-order chi connectivity index (χ0) is 11.3. The average Bonchev–Trinajstić information content (AvgIpc) is 2.21. The van der Waals surface area contributed by atoms with Gasteiger partial charge in [-0.3, -0.25) is 9.63 Å². The number of ether oxygens (including phenoxy) is 1. The standard InChI is InChI=1S/C10H12BrNO3/c1-14-8-4-3-7(9(11)6-8)5-10(13)12-15-2/h3-4,6H,5H2,1-2H3,(H,12,13). The molecule has 0 unspecified atom stereocenters. The number of halogens is 1. The Morgan fingerprint density at radius 2 is 2.20 bits per heavy atom. The molecule has 1 aromatic rings. The van der Waals surface area contributed by atoms with Crippen molar-refractivity contribution in [2.45, 2.75) is 6.42 Å². The van der Waals surface area contributed by atoms with Crippen LogP contribution in [0, 0.1) is 0 Å². The Hall–Kier alpha value is -1.07. The second kappa shape index (κ2) is 5.72. The first kappa shape index (κ1) is 12.0. The highest BCUT2D eigenvalue weighted by Crippen LogP contribution is 2.23. The zero-order valence-electron chi connectivity index (χ0n) is 8.54. The number of carbonyl (C=O) groups is 1. The van der Waals surface area contributed by atoms with E-state index in [1.54, 1.807) is 13.2 Å². The van der Waals surface area contributed by atoms with Crippen LogP contribution in [0.5, 0.6) is 5.75 Å². The first-order chi connectivity index (χ1) is 7.17. The third kappa shape index (κ3) is 3.53. The van der Waals surface area contributed by atoms with Gasteiger partial charge in [0.25, 0.3) is 0 Å². The van der Waals surface area contributed by atoms with Gasteiger partial charge in [-0.2, -0.15) is 0 Å². The molecule has 0 spiro atoms. The fourth-order valence-electron chi connectivity index (χ4n) is 1.12. The lowest BCUT2D eigenvalue weighted by Gasteiger charge is -2.06. The van der Waals surface area contributed by atoms with Gasteiger partial charge in [-0.05, 0) is 17.7 Å². The molecule has 5 heteroatoms. The van der Waals surface area contributed by atoms with Crippen LogP contribution in [0.3, 0.4) is 0 Å². The van der Waals surface area contributed by atoms with Crippen LogP contribution in [0.25, 0.3) is 0 Å². The number of methoxy groups -OCH3 is 1. The fraction of sp³-hybridized carbons (Fsp3) is 0.300. The summed E-state index contributed by atoms with van der Waals surface area (Å²) in [7, 11) is 3.00. The summed E-state index contributed by atoms with van der Waals surface area (Å²) in [5.74, 6) is 0.557. The summed E-state index contributed by atoms with van der Waals surface area (Å²) in [4.78, 5) is 15.8. The molecule has 15 heavy (non-hydrogen) atoms. The van der Waals surface area contributed by atoms with E-state index < -0.39 is 0 Å². The van der Waals surface area contributed by atoms with E-state index in [9.17, 15) is 4.79 Å². The molecule has 1 aromatic carbocycles. The Bertz CT molecular complexity index is 355. The van der Waals surface area contributed by atoms with Crippen molar-refractivity contribution in [2.24, 2.45) is 0 Å². The summed E-state index contributed by atoms with van der Waals surface area (Å²) in [5, 5.41) is 0. The van der Waals surface area contributed by atoms with Crippen LogP contribution in [0.4, 0.5) is 0 Å². The lowest BCUT2D eigenvalue weighted by molar-refractivity contribution is -0.130.